The molecule has 0 aromatic carbocycles. The van der Waals surface area contributed by atoms with Crippen LogP contribution in [-0.2, 0) is 9.47 Å². The van der Waals surface area contributed by atoms with Crippen LogP contribution in [0.1, 0.15) is 27.2 Å². The number of hydrogen-bond donors (Lipinski definition) is 0. The maximum atomic E-state index is 5.53. The van der Waals surface area contributed by atoms with Crippen LogP contribution in [0, 0.1) is 5.41 Å². The molecule has 13 heavy (non-hydrogen) atoms. The van der Waals surface area contributed by atoms with Crippen LogP contribution in [0.4, 0.5) is 0 Å². The molecule has 0 saturated heterocycles. The van der Waals surface area contributed by atoms with E-state index in [1.165, 1.54) is 0 Å². The van der Waals surface area contributed by atoms with Crippen molar-refractivity contribution in [2.45, 2.75) is 33.6 Å². The topological polar surface area (TPSA) is 21.7 Å². The van der Waals surface area contributed by atoms with Crippen molar-refractivity contribution in [3.8, 4) is 0 Å². The van der Waals surface area contributed by atoms with Crippen LogP contribution in [0.2, 0.25) is 0 Å². The van der Waals surface area contributed by atoms with Gasteiger partial charge in [-0.2, -0.15) is 0 Å². The van der Waals surface area contributed by atoms with E-state index in [0.717, 1.165) is 13.0 Å². The Kier molecular flexibility index (Phi) is 5.53. The highest BCUT2D eigenvalue weighted by Crippen LogP contribution is 2.18. The van der Waals surface area contributed by atoms with E-state index in [1.807, 2.05) is 19.0 Å². The third kappa shape index (κ3) is 6.99. The summed E-state index contributed by atoms with van der Waals surface area (Å²) in [6.07, 6.45) is 0.822. The number of ether oxygens (including phenoxy) is 2. The van der Waals surface area contributed by atoms with Crippen molar-refractivity contribution in [3.05, 3.63) is 0 Å². The normalized spacial score (nSPS) is 15.0. The molecular weight excluding hydrogens is 166 g/mol. The zero-order valence-electron chi connectivity index (χ0n) is 9.76. The van der Waals surface area contributed by atoms with Crippen LogP contribution in [0.3, 0.4) is 0 Å². The molecule has 0 aliphatic rings. The Morgan fingerprint density at radius 1 is 1.23 bits per heavy atom. The van der Waals surface area contributed by atoms with Crippen molar-refractivity contribution in [2.24, 2.45) is 5.41 Å². The Labute approximate surface area is 82.0 Å². The lowest BCUT2D eigenvalue weighted by atomic mass is 9.93. The fraction of sp³-hybridized carbons (Fsp3) is 1.00. The van der Waals surface area contributed by atoms with E-state index in [4.69, 9.17) is 9.47 Å². The molecule has 0 aliphatic heterocycles. The van der Waals surface area contributed by atoms with Gasteiger partial charge in [-0.25, -0.2) is 0 Å². The summed E-state index contributed by atoms with van der Waals surface area (Å²) in [4.78, 5) is 1.91. The Morgan fingerprint density at radius 2 is 1.77 bits per heavy atom. The first kappa shape index (κ1) is 12.9. The summed E-state index contributed by atoms with van der Waals surface area (Å²) in [5.41, 5.74) is 0.324. The summed E-state index contributed by atoms with van der Waals surface area (Å²) in [6.45, 7) is 7.34. The average molecular weight is 189 g/mol. The maximum Gasteiger partial charge on any atom is 0.217 e. The van der Waals surface area contributed by atoms with Gasteiger partial charge in [-0.15, -0.1) is 0 Å². The van der Waals surface area contributed by atoms with Gasteiger partial charge in [0.1, 0.15) is 0 Å². The first-order valence-electron chi connectivity index (χ1n) is 4.67. The van der Waals surface area contributed by atoms with Crippen LogP contribution in [0.25, 0.3) is 0 Å². The molecule has 80 valence electrons. The summed E-state index contributed by atoms with van der Waals surface area (Å²) in [5.74, 6) is 0. The molecule has 0 radical (unpaired) electrons. The monoisotopic (exact) mass is 189 g/mol. The molecule has 3 nitrogen and oxygen atoms in total. The summed E-state index contributed by atoms with van der Waals surface area (Å²) in [5, 5.41) is 0. The Hall–Kier alpha value is -0.120. The lowest BCUT2D eigenvalue weighted by molar-refractivity contribution is -0.198. The van der Waals surface area contributed by atoms with Crippen molar-refractivity contribution >= 4 is 0 Å². The Morgan fingerprint density at radius 3 is 2.08 bits per heavy atom. The van der Waals surface area contributed by atoms with Gasteiger partial charge in [0.15, 0.2) is 0 Å². The number of methoxy groups -OCH3 is 1. The lowest BCUT2D eigenvalue weighted by Crippen LogP contribution is -2.33. The van der Waals surface area contributed by atoms with Crippen LogP contribution >= 0.6 is 0 Å². The summed E-state index contributed by atoms with van der Waals surface area (Å²) in [6, 6.07) is 0. The zero-order valence-corrected chi connectivity index (χ0v) is 9.76. The fourth-order valence-corrected chi connectivity index (χ4v) is 0.894. The highest BCUT2D eigenvalue weighted by Gasteiger charge is 2.13. The van der Waals surface area contributed by atoms with Gasteiger partial charge in [-0.1, -0.05) is 20.8 Å². The number of nitrogens with zero attached hydrogens (tertiary/aromatic N) is 1. The van der Waals surface area contributed by atoms with Gasteiger partial charge in [0.25, 0.3) is 0 Å². The van der Waals surface area contributed by atoms with E-state index in [9.17, 15) is 0 Å². The second-order valence-corrected chi connectivity index (χ2v) is 4.69. The van der Waals surface area contributed by atoms with Gasteiger partial charge < -0.3 is 9.47 Å². The SMILES string of the molecule is COC(OCCC(C)(C)C)N(C)C. The summed E-state index contributed by atoms with van der Waals surface area (Å²) < 4.78 is 10.7. The molecule has 3 heteroatoms. The molecule has 0 aliphatic carbocycles. The van der Waals surface area contributed by atoms with Crippen LogP contribution in [-0.4, -0.2) is 39.1 Å². The van der Waals surface area contributed by atoms with Gasteiger partial charge in [0.2, 0.25) is 6.41 Å². The van der Waals surface area contributed by atoms with E-state index in [0.29, 0.717) is 5.41 Å². The average Bonchev–Trinajstić information content (AvgIpc) is 1.95. The minimum Gasteiger partial charge on any atom is -0.343 e. The fourth-order valence-electron chi connectivity index (χ4n) is 0.894. The summed E-state index contributed by atoms with van der Waals surface area (Å²) in [7, 11) is 5.53. The molecule has 0 aromatic heterocycles. The van der Waals surface area contributed by atoms with Crippen LogP contribution in [0.15, 0.2) is 0 Å². The van der Waals surface area contributed by atoms with Crippen molar-refractivity contribution in [1.29, 1.82) is 0 Å². The van der Waals surface area contributed by atoms with Gasteiger partial charge in [-0.3, -0.25) is 4.90 Å². The molecule has 0 fully saturated rings. The number of rotatable bonds is 5. The highest BCUT2D eigenvalue weighted by atomic mass is 16.7. The van der Waals surface area contributed by atoms with Crippen LogP contribution < -0.4 is 0 Å². The van der Waals surface area contributed by atoms with E-state index >= 15 is 0 Å². The predicted octanol–water partition coefficient (Wildman–Crippen LogP) is 1.93. The Balaban J connectivity index is 3.62. The molecule has 1 atom stereocenters. The first-order chi connectivity index (χ1) is 5.87. The maximum absolute atomic E-state index is 5.53. The Bertz CT molecular complexity index is 129. The van der Waals surface area contributed by atoms with Crippen LogP contribution in [0.5, 0.6) is 0 Å². The van der Waals surface area contributed by atoms with Crippen molar-refractivity contribution in [2.75, 3.05) is 27.8 Å². The molecule has 0 heterocycles. The molecule has 0 saturated carbocycles. The van der Waals surface area contributed by atoms with Gasteiger partial charge in [0, 0.05) is 7.11 Å². The van der Waals surface area contributed by atoms with Crippen molar-refractivity contribution in [1.82, 2.24) is 4.90 Å². The lowest BCUT2D eigenvalue weighted by Gasteiger charge is -2.25. The third-order valence-electron chi connectivity index (χ3n) is 1.74. The van der Waals surface area contributed by atoms with Crippen molar-refractivity contribution in [3.63, 3.8) is 0 Å². The summed E-state index contributed by atoms with van der Waals surface area (Å²) >= 11 is 0. The van der Waals surface area contributed by atoms with Gasteiger partial charge in [-0.05, 0) is 25.9 Å². The minimum atomic E-state index is -0.220. The first-order valence-corrected chi connectivity index (χ1v) is 4.67. The van der Waals surface area contributed by atoms with E-state index in [-0.39, 0.29) is 6.41 Å². The molecule has 0 bridgehead atoms. The third-order valence-corrected chi connectivity index (χ3v) is 1.74. The zero-order chi connectivity index (χ0) is 10.5. The standard InChI is InChI=1S/C10H23NO2/c1-10(2,3)7-8-13-9(12-6)11(4)5/h9H,7-8H2,1-6H3. The quantitative estimate of drug-likeness (QED) is 0.617. The smallest absolute Gasteiger partial charge is 0.217 e. The molecule has 0 rings (SSSR count). The molecule has 0 amide bonds. The van der Waals surface area contributed by atoms with E-state index in [1.54, 1.807) is 7.11 Å². The van der Waals surface area contributed by atoms with Gasteiger partial charge in [0.05, 0.1) is 6.61 Å². The molecule has 0 N–H and O–H groups in total. The molecule has 0 aromatic rings. The van der Waals surface area contributed by atoms with E-state index in [2.05, 4.69) is 20.8 Å². The second-order valence-electron chi connectivity index (χ2n) is 4.69. The van der Waals surface area contributed by atoms with Gasteiger partial charge >= 0.3 is 0 Å². The number of hydrogen-bond acceptors (Lipinski definition) is 3. The predicted molar refractivity (Wildman–Crippen MR) is 54.5 cm³/mol. The largest absolute Gasteiger partial charge is 0.343 e. The highest BCUT2D eigenvalue weighted by molar-refractivity contribution is 4.60. The molecular formula is C10H23NO2. The minimum absolute atomic E-state index is 0.220. The second kappa shape index (κ2) is 5.58. The van der Waals surface area contributed by atoms with Crippen molar-refractivity contribution < 1.29 is 9.47 Å². The molecule has 0 spiro atoms. The molecule has 1 unspecified atom stereocenters. The van der Waals surface area contributed by atoms with E-state index < -0.39 is 0 Å².